The van der Waals surface area contributed by atoms with Crippen LogP contribution in [0.3, 0.4) is 0 Å². The molecule has 1 N–H and O–H groups in total. The number of ether oxygens (including phenoxy) is 1. The van der Waals surface area contributed by atoms with E-state index >= 15 is 0 Å². The fraction of sp³-hybridized carbons (Fsp3) is 0.696. The lowest BCUT2D eigenvalue weighted by atomic mass is 9.92. The number of aliphatic carboxylic acids is 1. The Labute approximate surface area is 180 Å². The molecule has 0 bridgehead atoms. The van der Waals surface area contributed by atoms with E-state index in [4.69, 9.17) is 16.3 Å². The number of carboxylic acid groups (broad SMARTS) is 1. The van der Waals surface area contributed by atoms with Crippen LogP contribution in [0.5, 0.6) is 5.75 Å². The maximum absolute atomic E-state index is 11.6. The number of piperidine rings is 2. The van der Waals surface area contributed by atoms with Gasteiger partial charge in [-0.15, -0.1) is 0 Å². The van der Waals surface area contributed by atoms with Crippen LogP contribution in [0.2, 0.25) is 5.02 Å². The molecule has 1 atom stereocenters. The minimum atomic E-state index is -0.684. The number of hydrogen-bond acceptors (Lipinski definition) is 4. The molecule has 1 unspecified atom stereocenters. The topological polar surface area (TPSA) is 53.0 Å². The second-order valence-electron chi connectivity index (χ2n) is 9.03. The zero-order chi connectivity index (χ0) is 21.0. The van der Waals surface area contributed by atoms with Crippen molar-refractivity contribution in [3.63, 3.8) is 0 Å². The first kappa shape index (κ1) is 22.4. The molecule has 2 fully saturated rings. The molecule has 6 heteroatoms. The van der Waals surface area contributed by atoms with Crippen molar-refractivity contribution < 1.29 is 14.6 Å². The first-order valence-corrected chi connectivity index (χ1v) is 11.3. The van der Waals surface area contributed by atoms with Crippen LogP contribution in [0.1, 0.15) is 45.1 Å². The van der Waals surface area contributed by atoms with Gasteiger partial charge in [-0.3, -0.25) is 9.69 Å². The average molecular weight is 423 g/mol. The Morgan fingerprint density at radius 3 is 2.38 bits per heavy atom. The summed E-state index contributed by atoms with van der Waals surface area (Å²) in [4.78, 5) is 16.3. The molecule has 1 aromatic rings. The lowest BCUT2D eigenvalue weighted by molar-refractivity contribution is -0.145. The van der Waals surface area contributed by atoms with Crippen molar-refractivity contribution in [2.24, 2.45) is 11.8 Å². The van der Waals surface area contributed by atoms with E-state index in [2.05, 4.69) is 9.80 Å². The van der Waals surface area contributed by atoms with Gasteiger partial charge in [-0.2, -0.15) is 0 Å². The third-order valence-corrected chi connectivity index (χ3v) is 6.64. The Balaban J connectivity index is 1.41. The van der Waals surface area contributed by atoms with Crippen LogP contribution in [0, 0.1) is 18.8 Å². The van der Waals surface area contributed by atoms with E-state index in [1.165, 1.54) is 0 Å². The van der Waals surface area contributed by atoms with E-state index in [9.17, 15) is 9.90 Å². The molecule has 2 heterocycles. The summed E-state index contributed by atoms with van der Waals surface area (Å²) in [5.41, 5.74) is 1.09. The van der Waals surface area contributed by atoms with Gasteiger partial charge in [0.1, 0.15) is 17.9 Å². The van der Waals surface area contributed by atoms with Crippen molar-refractivity contribution in [2.75, 3.05) is 32.7 Å². The van der Waals surface area contributed by atoms with Crippen LogP contribution in [0.25, 0.3) is 0 Å². The van der Waals surface area contributed by atoms with E-state index in [0.717, 1.165) is 74.7 Å². The van der Waals surface area contributed by atoms with Crippen molar-refractivity contribution in [3.8, 4) is 5.75 Å². The number of nitrogens with zero attached hydrogens (tertiary/aromatic N) is 2. The Kier molecular flexibility index (Phi) is 7.83. The molecule has 0 saturated carbocycles. The van der Waals surface area contributed by atoms with Crippen molar-refractivity contribution >= 4 is 17.6 Å². The monoisotopic (exact) mass is 422 g/mol. The van der Waals surface area contributed by atoms with Gasteiger partial charge in [0.15, 0.2) is 0 Å². The molecule has 0 spiro atoms. The van der Waals surface area contributed by atoms with Crippen molar-refractivity contribution in [1.29, 1.82) is 0 Å². The SMILES string of the molecule is Cc1cc(Cl)ccc1OC1CCN(CC2CCN(C(C(=O)O)C(C)C)CC2)CC1. The smallest absolute Gasteiger partial charge is 0.321 e. The fourth-order valence-corrected chi connectivity index (χ4v) is 5.00. The molecule has 0 aliphatic carbocycles. The van der Waals surface area contributed by atoms with Crippen LogP contribution >= 0.6 is 11.6 Å². The predicted molar refractivity (Wildman–Crippen MR) is 117 cm³/mol. The average Bonchev–Trinajstić information content (AvgIpc) is 2.66. The van der Waals surface area contributed by atoms with Gasteiger partial charge in [0.2, 0.25) is 0 Å². The molecular formula is C23H35ClN2O3. The van der Waals surface area contributed by atoms with Gasteiger partial charge in [-0.25, -0.2) is 0 Å². The molecular weight excluding hydrogens is 388 g/mol. The number of hydrogen-bond donors (Lipinski definition) is 1. The Bertz CT molecular complexity index is 681. The first-order chi connectivity index (χ1) is 13.8. The third kappa shape index (κ3) is 6.09. The van der Waals surface area contributed by atoms with Crippen molar-refractivity contribution in [2.45, 2.75) is 58.6 Å². The number of likely N-dealkylation sites (tertiary alicyclic amines) is 2. The van der Waals surface area contributed by atoms with Gasteiger partial charge >= 0.3 is 5.97 Å². The highest BCUT2D eigenvalue weighted by molar-refractivity contribution is 6.30. The first-order valence-electron chi connectivity index (χ1n) is 11.0. The van der Waals surface area contributed by atoms with Crippen molar-refractivity contribution in [1.82, 2.24) is 9.80 Å². The number of rotatable bonds is 7. The third-order valence-electron chi connectivity index (χ3n) is 6.41. The van der Waals surface area contributed by atoms with Crippen LogP contribution in [0.15, 0.2) is 18.2 Å². The number of halogens is 1. The zero-order valence-corrected chi connectivity index (χ0v) is 18.7. The Morgan fingerprint density at radius 1 is 1.17 bits per heavy atom. The van der Waals surface area contributed by atoms with Gasteiger partial charge in [-0.1, -0.05) is 25.4 Å². The molecule has 2 aliphatic heterocycles. The molecule has 0 radical (unpaired) electrons. The van der Waals surface area contributed by atoms with E-state index in [1.807, 2.05) is 39.0 Å². The summed E-state index contributed by atoms with van der Waals surface area (Å²) in [7, 11) is 0. The van der Waals surface area contributed by atoms with Gasteiger partial charge in [0.25, 0.3) is 0 Å². The van der Waals surface area contributed by atoms with Crippen LogP contribution < -0.4 is 4.74 Å². The molecule has 2 aliphatic rings. The second kappa shape index (κ2) is 10.1. The normalized spacial score (nSPS) is 21.4. The summed E-state index contributed by atoms with van der Waals surface area (Å²) >= 11 is 6.03. The predicted octanol–water partition coefficient (Wildman–Crippen LogP) is 4.31. The summed E-state index contributed by atoms with van der Waals surface area (Å²) < 4.78 is 6.22. The quantitative estimate of drug-likeness (QED) is 0.709. The highest BCUT2D eigenvalue weighted by atomic mass is 35.5. The molecule has 5 nitrogen and oxygen atoms in total. The maximum atomic E-state index is 11.6. The fourth-order valence-electron chi connectivity index (χ4n) is 4.78. The summed E-state index contributed by atoms with van der Waals surface area (Å²) in [6, 6.07) is 5.46. The minimum absolute atomic E-state index is 0.146. The standard InChI is InChI=1S/C23H35ClN2O3/c1-16(2)22(23(27)28)26-12-6-18(7-13-26)15-25-10-8-20(9-11-25)29-21-5-4-19(24)14-17(21)3/h4-5,14,16,18,20,22H,6-13,15H2,1-3H3,(H,27,28). The largest absolute Gasteiger partial charge is 0.490 e. The highest BCUT2D eigenvalue weighted by Crippen LogP contribution is 2.27. The van der Waals surface area contributed by atoms with E-state index in [-0.39, 0.29) is 18.1 Å². The van der Waals surface area contributed by atoms with Crippen LogP contribution in [0.4, 0.5) is 0 Å². The number of benzene rings is 1. The van der Waals surface area contributed by atoms with Gasteiger partial charge in [0.05, 0.1) is 0 Å². The highest BCUT2D eigenvalue weighted by Gasteiger charge is 2.32. The number of carbonyl (C=O) groups is 1. The van der Waals surface area contributed by atoms with E-state index < -0.39 is 5.97 Å². The molecule has 3 rings (SSSR count). The second-order valence-corrected chi connectivity index (χ2v) is 9.47. The van der Waals surface area contributed by atoms with Gasteiger partial charge in [-0.05, 0) is 81.3 Å². The number of carboxylic acids is 1. The van der Waals surface area contributed by atoms with Gasteiger partial charge in [0, 0.05) is 24.7 Å². The van der Waals surface area contributed by atoms with Crippen molar-refractivity contribution in [3.05, 3.63) is 28.8 Å². The minimum Gasteiger partial charge on any atom is -0.490 e. The summed E-state index contributed by atoms with van der Waals surface area (Å²) in [5, 5.41) is 10.3. The lowest BCUT2D eigenvalue weighted by Crippen LogP contribution is -2.50. The molecule has 29 heavy (non-hydrogen) atoms. The summed E-state index contributed by atoms with van der Waals surface area (Å²) in [6.45, 7) is 11.1. The van der Waals surface area contributed by atoms with Crippen LogP contribution in [-0.4, -0.2) is 65.7 Å². The number of aryl methyl sites for hydroxylation is 1. The zero-order valence-electron chi connectivity index (χ0n) is 17.9. The molecule has 2 saturated heterocycles. The van der Waals surface area contributed by atoms with E-state index in [1.54, 1.807) is 0 Å². The van der Waals surface area contributed by atoms with E-state index in [0.29, 0.717) is 5.92 Å². The molecule has 0 aromatic heterocycles. The summed E-state index contributed by atoms with van der Waals surface area (Å²) in [5.74, 6) is 1.07. The van der Waals surface area contributed by atoms with Gasteiger partial charge < -0.3 is 14.7 Å². The molecule has 1 aromatic carbocycles. The van der Waals surface area contributed by atoms with Crippen LogP contribution in [-0.2, 0) is 4.79 Å². The lowest BCUT2D eigenvalue weighted by Gasteiger charge is -2.40. The summed E-state index contributed by atoms with van der Waals surface area (Å²) in [6.07, 6.45) is 4.56. The molecule has 0 amide bonds. The molecule has 162 valence electrons. The Hall–Kier alpha value is -1.30. The Morgan fingerprint density at radius 2 is 1.83 bits per heavy atom. The maximum Gasteiger partial charge on any atom is 0.321 e.